The number of ether oxygens (including phenoxy) is 1. The van der Waals surface area contributed by atoms with Crippen molar-refractivity contribution in [1.82, 2.24) is 0 Å². The van der Waals surface area contributed by atoms with Gasteiger partial charge in [0, 0.05) is 28.4 Å². The predicted octanol–water partition coefficient (Wildman–Crippen LogP) is 5.06. The van der Waals surface area contributed by atoms with Crippen molar-refractivity contribution in [3.63, 3.8) is 0 Å². The number of nitrogens with zero attached hydrogens (tertiary/aromatic N) is 1. The number of benzene rings is 3. The molecular weight excluding hydrogens is 354 g/mol. The van der Waals surface area contributed by atoms with Gasteiger partial charge in [0.25, 0.3) is 5.91 Å². The van der Waals surface area contributed by atoms with Gasteiger partial charge in [-0.05, 0) is 54.4 Å². The van der Waals surface area contributed by atoms with Gasteiger partial charge in [0.05, 0.1) is 6.61 Å². The number of carbonyl (C=O) groups is 1. The van der Waals surface area contributed by atoms with Crippen LogP contribution in [0.3, 0.4) is 0 Å². The first kappa shape index (κ1) is 17.7. The van der Waals surface area contributed by atoms with Crippen LogP contribution in [0.4, 0.5) is 5.69 Å². The average molecular weight is 375 g/mol. The van der Waals surface area contributed by atoms with Crippen LogP contribution in [0.15, 0.2) is 83.8 Å². The summed E-state index contributed by atoms with van der Waals surface area (Å²) in [6.45, 7) is 1.37. The van der Waals surface area contributed by atoms with Gasteiger partial charge in [0.2, 0.25) is 0 Å². The van der Waals surface area contributed by atoms with E-state index in [-0.39, 0.29) is 5.91 Å². The monoisotopic (exact) mass is 375 g/mol. The molecule has 1 aliphatic rings. The van der Waals surface area contributed by atoms with Crippen LogP contribution in [0, 0.1) is 0 Å². The van der Waals surface area contributed by atoms with Crippen molar-refractivity contribution >= 4 is 23.4 Å². The minimum atomic E-state index is 0.0473. The molecule has 3 nitrogen and oxygen atoms in total. The fourth-order valence-electron chi connectivity index (χ4n) is 3.23. The van der Waals surface area contributed by atoms with Crippen molar-refractivity contribution < 1.29 is 9.53 Å². The molecule has 1 aliphatic heterocycles. The molecule has 27 heavy (non-hydrogen) atoms. The van der Waals surface area contributed by atoms with Gasteiger partial charge in [0.1, 0.15) is 5.75 Å². The first-order chi connectivity index (χ1) is 13.3. The molecule has 0 N–H and O–H groups in total. The smallest absolute Gasteiger partial charge is 0.258 e. The summed E-state index contributed by atoms with van der Waals surface area (Å²) in [6.07, 6.45) is 0.919. The van der Waals surface area contributed by atoms with Crippen LogP contribution in [0.5, 0.6) is 5.75 Å². The lowest BCUT2D eigenvalue weighted by Crippen LogP contribution is -2.28. The van der Waals surface area contributed by atoms with E-state index in [2.05, 4.69) is 18.2 Å². The van der Waals surface area contributed by atoms with Gasteiger partial charge >= 0.3 is 0 Å². The van der Waals surface area contributed by atoms with Crippen LogP contribution >= 0.6 is 11.8 Å². The molecule has 3 aromatic carbocycles. The zero-order chi connectivity index (χ0) is 18.5. The lowest BCUT2D eigenvalue weighted by Gasteiger charge is -2.17. The molecule has 0 aliphatic carbocycles. The minimum Gasteiger partial charge on any atom is -0.493 e. The maximum absolute atomic E-state index is 12.8. The summed E-state index contributed by atoms with van der Waals surface area (Å²) in [6, 6.07) is 25.9. The summed E-state index contributed by atoms with van der Waals surface area (Å²) in [5.74, 6) is 1.73. The van der Waals surface area contributed by atoms with Crippen LogP contribution in [-0.4, -0.2) is 24.8 Å². The summed E-state index contributed by atoms with van der Waals surface area (Å²) >= 11 is 1.77. The first-order valence-electron chi connectivity index (χ1n) is 9.12. The fourth-order valence-corrected chi connectivity index (χ4v) is 3.99. The Morgan fingerprint density at radius 3 is 2.48 bits per heavy atom. The van der Waals surface area contributed by atoms with E-state index in [4.69, 9.17) is 4.74 Å². The Labute approximate surface area is 164 Å². The van der Waals surface area contributed by atoms with Crippen LogP contribution in [0.2, 0.25) is 0 Å². The second kappa shape index (κ2) is 8.31. The summed E-state index contributed by atoms with van der Waals surface area (Å²) in [5, 5.41) is 0. The van der Waals surface area contributed by atoms with Crippen molar-refractivity contribution in [2.75, 3.05) is 23.8 Å². The molecule has 0 aromatic heterocycles. The molecule has 0 radical (unpaired) electrons. The van der Waals surface area contributed by atoms with Gasteiger partial charge in [0.15, 0.2) is 0 Å². The summed E-state index contributed by atoms with van der Waals surface area (Å²) in [7, 11) is 0. The van der Waals surface area contributed by atoms with Crippen LogP contribution in [-0.2, 0) is 6.42 Å². The third-order valence-electron chi connectivity index (χ3n) is 4.60. The highest BCUT2D eigenvalue weighted by Crippen LogP contribution is 2.29. The highest BCUT2D eigenvalue weighted by atomic mass is 32.2. The fraction of sp³-hybridized carbons (Fsp3) is 0.174. The van der Waals surface area contributed by atoms with E-state index in [1.807, 2.05) is 65.6 Å². The Balaban J connectivity index is 1.32. The largest absolute Gasteiger partial charge is 0.493 e. The first-order valence-corrected chi connectivity index (χ1v) is 10.1. The highest BCUT2D eigenvalue weighted by Gasteiger charge is 2.24. The van der Waals surface area contributed by atoms with E-state index in [0.29, 0.717) is 12.2 Å². The molecule has 0 spiro atoms. The second-order valence-corrected chi connectivity index (χ2v) is 7.54. The zero-order valence-electron chi connectivity index (χ0n) is 15.0. The molecule has 4 heteroatoms. The van der Waals surface area contributed by atoms with E-state index < -0.39 is 0 Å². The normalized spacial score (nSPS) is 12.7. The lowest BCUT2D eigenvalue weighted by atomic mass is 10.1. The molecule has 0 saturated heterocycles. The molecule has 4 rings (SSSR count). The Morgan fingerprint density at radius 2 is 1.67 bits per heavy atom. The van der Waals surface area contributed by atoms with Crippen LogP contribution in [0.25, 0.3) is 0 Å². The standard InChI is InChI=1S/C23H21NO2S/c25-23(24-15-14-18-6-4-5-9-22(18)24)19-10-12-20(13-11-19)26-16-17-27-21-7-2-1-3-8-21/h1-13H,14-17H2. The number of hydrogen-bond acceptors (Lipinski definition) is 3. The maximum Gasteiger partial charge on any atom is 0.258 e. The Kier molecular flexibility index (Phi) is 5.45. The second-order valence-electron chi connectivity index (χ2n) is 6.37. The van der Waals surface area contributed by atoms with E-state index in [1.165, 1.54) is 10.5 Å². The topological polar surface area (TPSA) is 29.5 Å². The van der Waals surface area contributed by atoms with E-state index in [1.54, 1.807) is 11.8 Å². The molecule has 0 fully saturated rings. The molecule has 1 heterocycles. The average Bonchev–Trinajstić information content (AvgIpc) is 3.16. The quantitative estimate of drug-likeness (QED) is 0.445. The number of fused-ring (bicyclic) bond motifs is 1. The Hall–Kier alpha value is -2.72. The van der Waals surface area contributed by atoms with Gasteiger partial charge in [-0.25, -0.2) is 0 Å². The molecule has 0 saturated carbocycles. The summed E-state index contributed by atoms with van der Waals surface area (Å²) < 4.78 is 5.80. The van der Waals surface area contributed by atoms with Crippen molar-refractivity contribution in [2.45, 2.75) is 11.3 Å². The van der Waals surface area contributed by atoms with Gasteiger partial charge < -0.3 is 9.64 Å². The molecule has 0 unspecified atom stereocenters. The van der Waals surface area contributed by atoms with E-state index in [0.717, 1.165) is 30.2 Å². The van der Waals surface area contributed by atoms with E-state index >= 15 is 0 Å². The number of carbonyl (C=O) groups excluding carboxylic acids is 1. The Morgan fingerprint density at radius 1 is 0.926 bits per heavy atom. The lowest BCUT2D eigenvalue weighted by molar-refractivity contribution is 0.0989. The maximum atomic E-state index is 12.8. The van der Waals surface area contributed by atoms with Gasteiger partial charge in [-0.15, -0.1) is 11.8 Å². The molecule has 1 amide bonds. The number of para-hydroxylation sites is 1. The molecule has 3 aromatic rings. The highest BCUT2D eigenvalue weighted by molar-refractivity contribution is 7.99. The Bertz CT molecular complexity index is 909. The van der Waals surface area contributed by atoms with Crippen molar-refractivity contribution in [3.05, 3.63) is 90.0 Å². The summed E-state index contributed by atoms with van der Waals surface area (Å²) in [5.41, 5.74) is 2.96. The van der Waals surface area contributed by atoms with Crippen LogP contribution in [0.1, 0.15) is 15.9 Å². The third kappa shape index (κ3) is 4.17. The van der Waals surface area contributed by atoms with E-state index in [9.17, 15) is 4.79 Å². The van der Waals surface area contributed by atoms with Crippen LogP contribution < -0.4 is 9.64 Å². The SMILES string of the molecule is O=C(c1ccc(OCCSc2ccccc2)cc1)N1CCc2ccccc21. The third-order valence-corrected chi connectivity index (χ3v) is 5.57. The number of anilines is 1. The molecular formula is C23H21NO2S. The number of rotatable bonds is 6. The molecule has 136 valence electrons. The predicted molar refractivity (Wildman–Crippen MR) is 111 cm³/mol. The minimum absolute atomic E-state index is 0.0473. The number of thioether (sulfide) groups is 1. The van der Waals surface area contributed by atoms with Crippen molar-refractivity contribution in [3.8, 4) is 5.75 Å². The number of amides is 1. The molecule has 0 atom stereocenters. The number of hydrogen-bond donors (Lipinski definition) is 0. The van der Waals surface area contributed by atoms with Gasteiger partial charge in [-0.1, -0.05) is 36.4 Å². The van der Waals surface area contributed by atoms with Crippen molar-refractivity contribution in [2.24, 2.45) is 0 Å². The van der Waals surface area contributed by atoms with Gasteiger partial charge in [-0.2, -0.15) is 0 Å². The van der Waals surface area contributed by atoms with Gasteiger partial charge in [-0.3, -0.25) is 4.79 Å². The summed E-state index contributed by atoms with van der Waals surface area (Å²) in [4.78, 5) is 15.9. The van der Waals surface area contributed by atoms with Crippen molar-refractivity contribution in [1.29, 1.82) is 0 Å². The molecule has 0 bridgehead atoms. The zero-order valence-corrected chi connectivity index (χ0v) is 15.8.